The molecule has 4 aromatic rings. The summed E-state index contributed by atoms with van der Waals surface area (Å²) in [5.41, 5.74) is 2.43. The number of fused-ring (bicyclic) bond motifs is 1. The number of hydrogen-bond acceptors (Lipinski definition) is 5. The predicted octanol–water partition coefficient (Wildman–Crippen LogP) is 5.03. The maximum atomic E-state index is 12.7. The molecule has 0 fully saturated rings. The average Bonchev–Trinajstić information content (AvgIpc) is 3.23. The molecular formula is C24H19F3N2O4. The van der Waals surface area contributed by atoms with Gasteiger partial charge < -0.3 is 19.6 Å². The van der Waals surface area contributed by atoms with Crippen molar-refractivity contribution in [3.05, 3.63) is 83.7 Å². The largest absolute Gasteiger partial charge is 0.486 e. The third kappa shape index (κ3) is 4.83. The van der Waals surface area contributed by atoms with Crippen LogP contribution in [0.2, 0.25) is 0 Å². The zero-order valence-corrected chi connectivity index (χ0v) is 17.4. The van der Waals surface area contributed by atoms with Gasteiger partial charge in [-0.25, -0.2) is 9.78 Å². The van der Waals surface area contributed by atoms with Crippen LogP contribution < -0.4 is 4.74 Å². The van der Waals surface area contributed by atoms with Crippen molar-refractivity contribution in [1.82, 2.24) is 9.97 Å². The number of hydrogen-bond donors (Lipinski definition) is 2. The molecule has 0 saturated carbocycles. The van der Waals surface area contributed by atoms with E-state index in [0.29, 0.717) is 28.0 Å². The minimum atomic E-state index is -4.40. The quantitative estimate of drug-likeness (QED) is 0.398. The van der Waals surface area contributed by atoms with Gasteiger partial charge in [-0.1, -0.05) is 30.3 Å². The zero-order valence-electron chi connectivity index (χ0n) is 17.4. The highest BCUT2D eigenvalue weighted by Crippen LogP contribution is 2.32. The smallest absolute Gasteiger partial charge is 0.416 e. The van der Waals surface area contributed by atoms with Crippen molar-refractivity contribution in [1.29, 1.82) is 0 Å². The Morgan fingerprint density at radius 2 is 1.82 bits per heavy atom. The molecule has 3 aromatic carbocycles. The van der Waals surface area contributed by atoms with Crippen molar-refractivity contribution in [3.63, 3.8) is 0 Å². The van der Waals surface area contributed by atoms with Gasteiger partial charge in [0, 0.05) is 0 Å². The monoisotopic (exact) mass is 456 g/mol. The second kappa shape index (κ2) is 8.95. The van der Waals surface area contributed by atoms with E-state index < -0.39 is 23.8 Å². The third-order valence-corrected chi connectivity index (χ3v) is 5.08. The number of methoxy groups -OCH3 is 1. The number of benzene rings is 3. The van der Waals surface area contributed by atoms with Crippen LogP contribution in [0.3, 0.4) is 0 Å². The van der Waals surface area contributed by atoms with Crippen LogP contribution in [-0.4, -0.2) is 28.2 Å². The number of aliphatic hydroxyl groups is 1. The van der Waals surface area contributed by atoms with Gasteiger partial charge in [-0.05, 0) is 53.1 Å². The third-order valence-electron chi connectivity index (χ3n) is 5.08. The molecule has 9 heteroatoms. The molecule has 1 atom stereocenters. The van der Waals surface area contributed by atoms with Crippen LogP contribution in [0, 0.1) is 0 Å². The molecule has 0 radical (unpaired) electrons. The first-order valence-corrected chi connectivity index (χ1v) is 9.90. The lowest BCUT2D eigenvalue weighted by molar-refractivity contribution is -0.150. The van der Waals surface area contributed by atoms with Gasteiger partial charge >= 0.3 is 12.1 Å². The van der Waals surface area contributed by atoms with E-state index in [0.717, 1.165) is 17.7 Å². The van der Waals surface area contributed by atoms with Gasteiger partial charge in [0.05, 0.1) is 23.7 Å². The maximum absolute atomic E-state index is 12.7. The number of aliphatic hydroxyl groups excluding tert-OH is 1. The summed E-state index contributed by atoms with van der Waals surface area (Å²) in [6.07, 6.45) is -5.82. The molecule has 0 aliphatic carbocycles. The summed E-state index contributed by atoms with van der Waals surface area (Å²) in [6.45, 7) is 0.0347. The first-order chi connectivity index (χ1) is 15.8. The van der Waals surface area contributed by atoms with Crippen molar-refractivity contribution >= 4 is 17.0 Å². The van der Waals surface area contributed by atoms with Gasteiger partial charge in [-0.15, -0.1) is 0 Å². The zero-order chi connectivity index (χ0) is 23.6. The van der Waals surface area contributed by atoms with E-state index >= 15 is 0 Å². The molecule has 1 unspecified atom stereocenters. The summed E-state index contributed by atoms with van der Waals surface area (Å²) >= 11 is 0. The highest BCUT2D eigenvalue weighted by Gasteiger charge is 2.30. The molecule has 0 amide bonds. The van der Waals surface area contributed by atoms with E-state index in [1.165, 1.54) is 19.2 Å². The second-order valence-corrected chi connectivity index (χ2v) is 7.24. The first-order valence-electron chi connectivity index (χ1n) is 9.90. The van der Waals surface area contributed by atoms with Crippen molar-refractivity contribution < 1.29 is 32.5 Å². The van der Waals surface area contributed by atoms with Crippen LogP contribution in [0.25, 0.3) is 22.2 Å². The summed E-state index contributed by atoms with van der Waals surface area (Å²) in [4.78, 5) is 19.4. The summed E-state index contributed by atoms with van der Waals surface area (Å²) in [6, 6.07) is 16.8. The lowest BCUT2D eigenvalue weighted by Crippen LogP contribution is -2.14. The number of H-pyrrole nitrogens is 1. The van der Waals surface area contributed by atoms with Crippen molar-refractivity contribution in [3.8, 4) is 16.9 Å². The summed E-state index contributed by atoms with van der Waals surface area (Å²) in [5, 5.41) is 10.3. The number of carbonyl (C=O) groups is 1. The number of aromatic nitrogens is 2. The Morgan fingerprint density at radius 3 is 2.52 bits per heavy atom. The second-order valence-electron chi connectivity index (χ2n) is 7.24. The lowest BCUT2D eigenvalue weighted by atomic mass is 9.96. The fraction of sp³-hybridized carbons (Fsp3) is 0.167. The molecule has 1 aromatic heterocycles. The molecule has 1 heterocycles. The van der Waals surface area contributed by atoms with Gasteiger partial charge in [0.2, 0.25) is 0 Å². The number of esters is 1. The highest BCUT2D eigenvalue weighted by atomic mass is 19.4. The lowest BCUT2D eigenvalue weighted by Gasteiger charge is -2.14. The number of halogens is 3. The number of carbonyl (C=O) groups excluding carboxylic acids is 1. The Balaban J connectivity index is 1.55. The predicted molar refractivity (Wildman–Crippen MR) is 114 cm³/mol. The van der Waals surface area contributed by atoms with E-state index in [1.807, 2.05) is 12.1 Å². The molecular weight excluding hydrogens is 437 g/mol. The molecule has 33 heavy (non-hydrogen) atoms. The van der Waals surface area contributed by atoms with E-state index in [2.05, 4.69) is 14.7 Å². The molecule has 6 nitrogen and oxygen atoms in total. The van der Waals surface area contributed by atoms with Crippen molar-refractivity contribution in [2.24, 2.45) is 0 Å². The molecule has 0 aliphatic rings. The molecule has 0 bridgehead atoms. The Hall–Kier alpha value is -3.85. The molecule has 2 N–H and O–H groups in total. The maximum Gasteiger partial charge on any atom is 0.416 e. The molecule has 0 aliphatic heterocycles. The average molecular weight is 456 g/mol. The fourth-order valence-corrected chi connectivity index (χ4v) is 3.43. The molecule has 0 saturated heterocycles. The van der Waals surface area contributed by atoms with Gasteiger partial charge in [-0.2, -0.15) is 13.2 Å². The fourth-order valence-electron chi connectivity index (χ4n) is 3.43. The van der Waals surface area contributed by atoms with Crippen molar-refractivity contribution in [2.75, 3.05) is 7.11 Å². The van der Waals surface area contributed by atoms with Gasteiger partial charge in [-0.3, -0.25) is 0 Å². The van der Waals surface area contributed by atoms with Crippen LogP contribution in [0.4, 0.5) is 13.2 Å². The van der Waals surface area contributed by atoms with Crippen LogP contribution in [-0.2, 0) is 22.3 Å². The molecule has 0 spiro atoms. The number of rotatable bonds is 6. The van der Waals surface area contributed by atoms with Crippen LogP contribution >= 0.6 is 0 Å². The Labute approximate surface area is 186 Å². The summed E-state index contributed by atoms with van der Waals surface area (Å²) in [5.74, 6) is 0.0209. The summed E-state index contributed by atoms with van der Waals surface area (Å²) in [7, 11) is 1.21. The number of imidazole rings is 1. The minimum Gasteiger partial charge on any atom is -0.486 e. The van der Waals surface area contributed by atoms with Crippen molar-refractivity contribution in [2.45, 2.75) is 18.9 Å². The number of aromatic amines is 1. The number of ether oxygens (including phenoxy) is 2. The van der Waals surface area contributed by atoms with E-state index in [1.54, 1.807) is 30.3 Å². The standard InChI is InChI=1S/C24H19F3N2O4/c1-32-23(31)22(30)18-5-3-2-4-17(18)14-6-11-19-20(12-14)29-21(28-19)13-33-16-9-7-15(8-10-16)24(25,26)27/h2-12,22,30H,13H2,1H3,(H,28,29). The Kier molecular flexibility index (Phi) is 6.06. The van der Waals surface area contributed by atoms with E-state index in [9.17, 15) is 23.1 Å². The number of nitrogens with zero attached hydrogens (tertiary/aromatic N) is 1. The van der Waals surface area contributed by atoms with Crippen LogP contribution in [0.15, 0.2) is 66.7 Å². The number of alkyl halides is 3. The van der Waals surface area contributed by atoms with E-state index in [-0.39, 0.29) is 12.4 Å². The van der Waals surface area contributed by atoms with Gasteiger partial charge in [0.15, 0.2) is 6.10 Å². The normalized spacial score (nSPS) is 12.5. The Bertz CT molecular complexity index is 1280. The topological polar surface area (TPSA) is 84.4 Å². The first kappa shape index (κ1) is 22.3. The van der Waals surface area contributed by atoms with Crippen LogP contribution in [0.5, 0.6) is 5.75 Å². The SMILES string of the molecule is COC(=O)C(O)c1ccccc1-c1ccc2nc(COc3ccc(C(F)(F)F)cc3)[nH]c2c1. The highest BCUT2D eigenvalue weighted by molar-refractivity contribution is 5.85. The Morgan fingerprint density at radius 1 is 1.09 bits per heavy atom. The van der Waals surface area contributed by atoms with Gasteiger partial charge in [0.25, 0.3) is 0 Å². The minimum absolute atomic E-state index is 0.0347. The number of nitrogens with one attached hydrogen (secondary N) is 1. The van der Waals surface area contributed by atoms with Crippen LogP contribution in [0.1, 0.15) is 23.1 Å². The molecule has 170 valence electrons. The van der Waals surface area contributed by atoms with E-state index in [4.69, 9.17) is 4.74 Å². The summed E-state index contributed by atoms with van der Waals surface area (Å²) < 4.78 is 48.2. The molecule has 4 rings (SSSR count). The van der Waals surface area contributed by atoms with Gasteiger partial charge in [0.1, 0.15) is 18.2 Å².